The van der Waals surface area contributed by atoms with Crippen LogP contribution in [0.3, 0.4) is 0 Å². The molecule has 3 nitrogen and oxygen atoms in total. The van der Waals surface area contributed by atoms with Gasteiger partial charge < -0.3 is 10.6 Å². The van der Waals surface area contributed by atoms with Gasteiger partial charge in [0, 0.05) is 18.7 Å². The average Bonchev–Trinajstić information content (AvgIpc) is 2.29. The second-order valence-electron chi connectivity index (χ2n) is 4.09. The van der Waals surface area contributed by atoms with Crippen molar-refractivity contribution >= 4 is 5.91 Å². The number of hydrogen-bond acceptors (Lipinski definition) is 2. The maximum atomic E-state index is 13.1. The number of amides is 1. The van der Waals surface area contributed by atoms with Crippen molar-refractivity contribution in [1.29, 1.82) is 0 Å². The van der Waals surface area contributed by atoms with E-state index in [0.717, 1.165) is 12.1 Å². The maximum Gasteiger partial charge on any atom is 0.406 e. The van der Waals surface area contributed by atoms with Crippen LogP contribution in [0.4, 0.5) is 17.6 Å². The lowest BCUT2D eigenvalue weighted by molar-refractivity contribution is -0.140. The van der Waals surface area contributed by atoms with Crippen molar-refractivity contribution in [2.24, 2.45) is 5.73 Å². The summed E-state index contributed by atoms with van der Waals surface area (Å²) in [7, 11) is 0. The smallest absolute Gasteiger partial charge is 0.329 e. The molecule has 0 heterocycles. The number of carbonyl (C=O) groups is 1. The summed E-state index contributed by atoms with van der Waals surface area (Å²) in [5.74, 6) is -1.55. The first-order valence-electron chi connectivity index (χ1n) is 5.57. The van der Waals surface area contributed by atoms with E-state index < -0.39 is 24.4 Å². The summed E-state index contributed by atoms with van der Waals surface area (Å²) in [6.45, 7) is -0.218. The Morgan fingerprint density at radius 1 is 1.37 bits per heavy atom. The summed E-state index contributed by atoms with van der Waals surface area (Å²) in [6, 6.07) is 3.41. The molecule has 0 spiro atoms. The molecular weight excluding hydrogens is 264 g/mol. The lowest BCUT2D eigenvalue weighted by Crippen LogP contribution is -2.42. The van der Waals surface area contributed by atoms with Gasteiger partial charge in [0.25, 0.3) is 5.91 Å². The summed E-state index contributed by atoms with van der Waals surface area (Å²) < 4.78 is 50.2. The summed E-state index contributed by atoms with van der Waals surface area (Å²) in [6.07, 6.45) is -4.52. The highest BCUT2D eigenvalue weighted by molar-refractivity contribution is 5.95. The van der Waals surface area contributed by atoms with E-state index in [9.17, 15) is 22.4 Å². The van der Waals surface area contributed by atoms with Gasteiger partial charge in [-0.2, -0.15) is 13.2 Å². The molecule has 0 saturated carbocycles. The predicted molar refractivity (Wildman–Crippen MR) is 62.1 cm³/mol. The van der Waals surface area contributed by atoms with Crippen molar-refractivity contribution in [3.05, 3.63) is 35.1 Å². The van der Waals surface area contributed by atoms with Crippen LogP contribution >= 0.6 is 0 Å². The Balaban J connectivity index is 3.02. The second kappa shape index (κ2) is 6.01. The minimum absolute atomic E-state index is 0.0855. The van der Waals surface area contributed by atoms with Crippen LogP contribution < -0.4 is 5.73 Å². The van der Waals surface area contributed by atoms with Crippen LogP contribution in [0, 0.1) is 12.7 Å². The highest BCUT2D eigenvalue weighted by Gasteiger charge is 2.33. The molecule has 0 atom stereocenters. The fourth-order valence-electron chi connectivity index (χ4n) is 1.62. The summed E-state index contributed by atoms with van der Waals surface area (Å²) in [5.41, 5.74) is 5.52. The third-order valence-corrected chi connectivity index (χ3v) is 2.49. The maximum absolute atomic E-state index is 13.1. The van der Waals surface area contributed by atoms with Gasteiger partial charge in [-0.1, -0.05) is 6.07 Å². The first kappa shape index (κ1) is 15.4. The molecule has 0 aliphatic rings. The van der Waals surface area contributed by atoms with Gasteiger partial charge in [0.15, 0.2) is 0 Å². The molecule has 2 N–H and O–H groups in total. The average molecular weight is 278 g/mol. The predicted octanol–water partition coefficient (Wildman–Crippen LogP) is 2.10. The van der Waals surface area contributed by atoms with E-state index in [1.807, 2.05) is 0 Å². The molecule has 7 heteroatoms. The molecule has 0 aliphatic heterocycles. The molecule has 1 aromatic carbocycles. The molecule has 0 radical (unpaired) electrons. The topological polar surface area (TPSA) is 46.3 Å². The van der Waals surface area contributed by atoms with Crippen molar-refractivity contribution in [1.82, 2.24) is 4.90 Å². The Labute approximate surface area is 108 Å². The van der Waals surface area contributed by atoms with Crippen LogP contribution in [0.2, 0.25) is 0 Å². The highest BCUT2D eigenvalue weighted by atomic mass is 19.4. The van der Waals surface area contributed by atoms with Gasteiger partial charge in [0.2, 0.25) is 0 Å². The number of benzene rings is 1. The van der Waals surface area contributed by atoms with E-state index in [1.54, 1.807) is 0 Å². The molecule has 0 aliphatic carbocycles. The number of nitrogens with two attached hydrogens (primary N) is 1. The van der Waals surface area contributed by atoms with Crippen molar-refractivity contribution in [3.63, 3.8) is 0 Å². The Bertz CT molecular complexity index is 460. The number of hydrogen-bond donors (Lipinski definition) is 1. The number of nitrogens with zero attached hydrogens (tertiary/aromatic N) is 1. The largest absolute Gasteiger partial charge is 0.406 e. The minimum atomic E-state index is -4.52. The van der Waals surface area contributed by atoms with E-state index in [4.69, 9.17) is 5.73 Å². The minimum Gasteiger partial charge on any atom is -0.329 e. The molecule has 1 aromatic rings. The monoisotopic (exact) mass is 278 g/mol. The van der Waals surface area contributed by atoms with Gasteiger partial charge in [-0.15, -0.1) is 0 Å². The second-order valence-corrected chi connectivity index (χ2v) is 4.09. The molecule has 0 unspecified atom stereocenters. The van der Waals surface area contributed by atoms with Crippen molar-refractivity contribution < 1.29 is 22.4 Å². The van der Waals surface area contributed by atoms with E-state index in [1.165, 1.54) is 13.0 Å². The van der Waals surface area contributed by atoms with Crippen LogP contribution in [0.1, 0.15) is 15.9 Å². The third-order valence-electron chi connectivity index (χ3n) is 2.49. The van der Waals surface area contributed by atoms with E-state index >= 15 is 0 Å². The summed E-state index contributed by atoms with van der Waals surface area (Å²) in [5, 5.41) is 0. The van der Waals surface area contributed by atoms with Crippen LogP contribution in [0.15, 0.2) is 18.2 Å². The molecule has 0 saturated heterocycles. The van der Waals surface area contributed by atoms with Crippen molar-refractivity contribution in [2.75, 3.05) is 19.6 Å². The fraction of sp³-hybridized carbons (Fsp3) is 0.417. The van der Waals surface area contributed by atoms with Gasteiger partial charge in [0.1, 0.15) is 12.4 Å². The zero-order chi connectivity index (χ0) is 14.6. The standard InChI is InChI=1S/C12H14F4N2O/c1-8-2-3-9(13)6-10(8)11(19)18(5-4-17)7-12(14,15)16/h2-3,6H,4-5,7,17H2,1H3. The zero-order valence-electron chi connectivity index (χ0n) is 10.3. The highest BCUT2D eigenvalue weighted by Crippen LogP contribution is 2.19. The van der Waals surface area contributed by atoms with E-state index in [-0.39, 0.29) is 18.7 Å². The quantitative estimate of drug-likeness (QED) is 0.857. The van der Waals surface area contributed by atoms with Crippen LogP contribution in [-0.2, 0) is 0 Å². The first-order valence-corrected chi connectivity index (χ1v) is 5.57. The van der Waals surface area contributed by atoms with Crippen LogP contribution in [-0.4, -0.2) is 36.6 Å². The molecule has 0 bridgehead atoms. The molecular formula is C12H14F4N2O. The van der Waals surface area contributed by atoms with E-state index in [0.29, 0.717) is 10.5 Å². The zero-order valence-corrected chi connectivity index (χ0v) is 10.3. The number of carbonyl (C=O) groups excluding carboxylic acids is 1. The van der Waals surface area contributed by atoms with Crippen molar-refractivity contribution in [3.8, 4) is 0 Å². The molecule has 1 amide bonds. The summed E-state index contributed by atoms with van der Waals surface area (Å²) >= 11 is 0. The van der Waals surface area contributed by atoms with Crippen molar-refractivity contribution in [2.45, 2.75) is 13.1 Å². The summed E-state index contributed by atoms with van der Waals surface area (Å²) in [4.78, 5) is 12.6. The van der Waals surface area contributed by atoms with Gasteiger partial charge >= 0.3 is 6.18 Å². The number of halogens is 4. The lowest BCUT2D eigenvalue weighted by Gasteiger charge is -2.24. The Kier molecular flexibility index (Phi) is 4.88. The third kappa shape index (κ3) is 4.51. The van der Waals surface area contributed by atoms with Crippen LogP contribution in [0.25, 0.3) is 0 Å². The fourth-order valence-corrected chi connectivity index (χ4v) is 1.62. The van der Waals surface area contributed by atoms with Crippen LogP contribution in [0.5, 0.6) is 0 Å². The Morgan fingerprint density at radius 3 is 2.53 bits per heavy atom. The van der Waals surface area contributed by atoms with Gasteiger partial charge in [0.05, 0.1) is 0 Å². The SMILES string of the molecule is Cc1ccc(F)cc1C(=O)N(CCN)CC(F)(F)F. The first-order chi connectivity index (χ1) is 8.74. The van der Waals surface area contributed by atoms with Gasteiger partial charge in [-0.05, 0) is 24.6 Å². The molecule has 0 fully saturated rings. The number of alkyl halides is 3. The number of rotatable bonds is 4. The van der Waals surface area contributed by atoms with Gasteiger partial charge in [-0.3, -0.25) is 4.79 Å². The lowest BCUT2D eigenvalue weighted by atomic mass is 10.1. The van der Waals surface area contributed by atoms with Gasteiger partial charge in [-0.25, -0.2) is 4.39 Å². The normalized spacial score (nSPS) is 11.5. The van der Waals surface area contributed by atoms with E-state index in [2.05, 4.69) is 0 Å². The Hall–Kier alpha value is -1.63. The molecule has 1 rings (SSSR count). The Morgan fingerprint density at radius 2 is 2.00 bits per heavy atom. The molecule has 19 heavy (non-hydrogen) atoms. The molecule has 106 valence electrons. The number of aryl methyl sites for hydroxylation is 1. The molecule has 0 aromatic heterocycles.